The van der Waals surface area contributed by atoms with Crippen LogP contribution in [0, 0.1) is 0 Å². The quantitative estimate of drug-likeness (QED) is 0.131. The number of hydrogen-bond acceptors (Lipinski definition) is 14. The number of benzene rings is 14. The van der Waals surface area contributed by atoms with Gasteiger partial charge in [-0.15, -0.1) is 0 Å². The minimum absolute atomic E-state index is 0.155. The van der Waals surface area contributed by atoms with Crippen LogP contribution in [0.1, 0.15) is 27.7 Å². The van der Waals surface area contributed by atoms with E-state index in [0.29, 0.717) is 29.1 Å². The molecule has 1 aliphatic heterocycles. The molecule has 0 radical (unpaired) electrons. The summed E-state index contributed by atoms with van der Waals surface area (Å²) in [4.78, 5) is 28.2. The van der Waals surface area contributed by atoms with Crippen molar-refractivity contribution in [1.82, 2.24) is 29.9 Å². The average molecular weight is 1470 g/mol. The summed E-state index contributed by atoms with van der Waals surface area (Å²) in [6.07, 6.45) is 0. The van der Waals surface area contributed by atoms with Gasteiger partial charge in [-0.05, 0) is 158 Å². The highest BCUT2D eigenvalue weighted by atomic mass is 35.5. The van der Waals surface area contributed by atoms with E-state index < -0.39 is 7.12 Å². The molecule has 534 valence electrons. The predicted molar refractivity (Wildman–Crippen MR) is 449 cm³/mol. The third-order valence-corrected chi connectivity index (χ3v) is 21.9. The van der Waals surface area contributed by atoms with Gasteiger partial charge in [0.05, 0.1) is 22.3 Å². The molecule has 8 aromatic heterocycles. The van der Waals surface area contributed by atoms with Crippen LogP contribution in [0.3, 0.4) is 0 Å². The molecule has 0 atom stereocenters. The number of rotatable bonds is 8. The van der Waals surface area contributed by atoms with E-state index in [4.69, 9.17) is 62.4 Å². The smallest absolute Gasteiger partial charge is 0.456 e. The lowest BCUT2D eigenvalue weighted by atomic mass is 9.79. The molecular formula is C96H62BClN6O8. The van der Waals surface area contributed by atoms with Gasteiger partial charge in [0.25, 0.3) is 0 Å². The minimum Gasteiger partial charge on any atom is -0.456 e. The second-order valence-electron chi connectivity index (χ2n) is 29.1. The summed E-state index contributed by atoms with van der Waals surface area (Å²) < 4.78 is 50.1. The Morgan fingerprint density at radius 1 is 0.241 bits per heavy atom. The molecule has 14 nitrogen and oxygen atoms in total. The molecule has 0 N–H and O–H groups in total. The van der Waals surface area contributed by atoms with Crippen LogP contribution in [0.15, 0.2) is 330 Å². The van der Waals surface area contributed by atoms with Crippen LogP contribution in [0.25, 0.3) is 211 Å². The van der Waals surface area contributed by atoms with Crippen molar-refractivity contribution in [1.29, 1.82) is 0 Å². The van der Waals surface area contributed by atoms with E-state index in [-0.39, 0.29) is 16.5 Å². The lowest BCUT2D eigenvalue weighted by molar-refractivity contribution is 0.00578. The first kappa shape index (κ1) is 66.4. The molecule has 1 saturated heterocycles. The van der Waals surface area contributed by atoms with E-state index in [1.54, 1.807) is 0 Å². The van der Waals surface area contributed by atoms with Crippen LogP contribution in [0.4, 0.5) is 0 Å². The summed E-state index contributed by atoms with van der Waals surface area (Å²) in [5.74, 6) is 2.70. The monoisotopic (exact) mass is 1470 g/mol. The zero-order valence-corrected chi connectivity index (χ0v) is 61.5. The van der Waals surface area contributed by atoms with Gasteiger partial charge < -0.3 is 35.8 Å². The topological polar surface area (TPSA) is 175 Å². The average Bonchev–Trinajstić information content (AvgIpc) is 1.58. The third-order valence-electron chi connectivity index (χ3n) is 21.8. The molecule has 1 aliphatic rings. The fourth-order valence-electron chi connectivity index (χ4n) is 15.6. The molecule has 9 heterocycles. The standard InChI is InChI=1S/C45H25N3O3.C30H25BO4.C21H12ClN3O/c1-2-10-26(11-3-1)43-46-44(48-45(47-43)35-16-8-15-33-30-12-4-6-17-36(30)51-42(33)35)28-21-23-32-31-22-20-27(24-39(31)50-40(32)25-28)29-14-9-19-38-41(29)34-13-5-7-18-37(34)49-38;1-29(2)30(3,4)35-31(34-29)19-13-15-22-21-14-12-18(16-26(21)33-27(22)17-19)20-9-7-11-25-28(20)23-8-5-6-10-24(23)32-25;22-21-24-19(13-7-2-1-3-8-13)23-20(25-21)16-11-6-10-15-14-9-4-5-12-17(14)26-18(15)16/h1-25H;5-17H,1-4H3;1-12H. The molecule has 0 bridgehead atoms. The number of furan rings is 6. The van der Waals surface area contributed by atoms with E-state index >= 15 is 0 Å². The largest absolute Gasteiger partial charge is 0.494 e. The van der Waals surface area contributed by atoms with Gasteiger partial charge in [0.15, 0.2) is 29.1 Å². The molecular weight excluding hydrogens is 1410 g/mol. The van der Waals surface area contributed by atoms with Crippen LogP contribution in [0.2, 0.25) is 5.28 Å². The maximum atomic E-state index is 6.57. The van der Waals surface area contributed by atoms with E-state index in [1.807, 2.05) is 206 Å². The third kappa shape index (κ3) is 11.3. The van der Waals surface area contributed by atoms with E-state index in [0.717, 1.165) is 187 Å². The molecule has 0 unspecified atom stereocenters. The van der Waals surface area contributed by atoms with Crippen molar-refractivity contribution >= 4 is 156 Å². The second-order valence-corrected chi connectivity index (χ2v) is 29.4. The first-order chi connectivity index (χ1) is 54.8. The number of nitrogens with zero attached hydrogens (tertiary/aromatic N) is 6. The van der Waals surface area contributed by atoms with E-state index in [9.17, 15) is 0 Å². The summed E-state index contributed by atoms with van der Waals surface area (Å²) in [7, 11) is -0.417. The second kappa shape index (κ2) is 26.2. The first-order valence-electron chi connectivity index (χ1n) is 37.0. The lowest BCUT2D eigenvalue weighted by Crippen LogP contribution is -2.41. The van der Waals surface area contributed by atoms with Gasteiger partial charge >= 0.3 is 7.12 Å². The highest BCUT2D eigenvalue weighted by Gasteiger charge is 2.52. The van der Waals surface area contributed by atoms with Gasteiger partial charge in [0, 0.05) is 81.3 Å². The van der Waals surface area contributed by atoms with Crippen LogP contribution < -0.4 is 5.46 Å². The summed E-state index contributed by atoms with van der Waals surface area (Å²) in [6.45, 7) is 8.27. The Bertz CT molecular complexity index is 7510. The molecule has 14 aromatic carbocycles. The van der Waals surface area contributed by atoms with Crippen LogP contribution in [-0.4, -0.2) is 48.2 Å². The number of para-hydroxylation sites is 6. The molecule has 112 heavy (non-hydrogen) atoms. The number of fused-ring (bicyclic) bond motifs is 18. The lowest BCUT2D eigenvalue weighted by Gasteiger charge is -2.32. The maximum Gasteiger partial charge on any atom is 0.494 e. The van der Waals surface area contributed by atoms with Crippen LogP contribution in [-0.2, 0) is 9.31 Å². The number of halogens is 1. The van der Waals surface area contributed by atoms with Crippen molar-refractivity contribution in [3.8, 4) is 79.2 Å². The minimum atomic E-state index is -0.417. The summed E-state index contributed by atoms with van der Waals surface area (Å²) >= 11 is 6.19. The summed E-state index contributed by atoms with van der Waals surface area (Å²) in [5.41, 5.74) is 18.7. The van der Waals surface area contributed by atoms with Gasteiger partial charge in [0.2, 0.25) is 5.28 Å². The predicted octanol–water partition coefficient (Wildman–Crippen LogP) is 25.4. The zero-order chi connectivity index (χ0) is 74.9. The molecule has 0 amide bonds. The summed E-state index contributed by atoms with van der Waals surface area (Å²) in [6, 6.07) is 102. The Morgan fingerprint density at radius 2 is 0.562 bits per heavy atom. The van der Waals surface area contributed by atoms with Gasteiger partial charge in [-0.25, -0.2) is 19.9 Å². The molecule has 1 fully saturated rings. The normalized spacial score (nSPS) is 13.5. The van der Waals surface area contributed by atoms with Crippen LogP contribution in [0.5, 0.6) is 0 Å². The molecule has 22 aromatic rings. The molecule has 0 saturated carbocycles. The van der Waals surface area contributed by atoms with E-state index in [2.05, 4.69) is 140 Å². The Morgan fingerprint density at radius 3 is 1.05 bits per heavy atom. The van der Waals surface area contributed by atoms with Crippen molar-refractivity contribution in [2.24, 2.45) is 0 Å². The SMILES string of the molecule is CC1(C)OB(c2ccc3c(c2)oc2cc(-c4cccc5oc6ccccc6c45)ccc23)OC1(C)C.Clc1nc(-c2ccccc2)nc(-c2cccc3c2oc2ccccc23)n1.c1ccc(-c2nc(-c3ccc4c(c3)oc3cc(-c5cccc6oc7ccccc7c56)ccc34)nc(-c3cccc4c3oc3ccccc34)n2)cc1. The van der Waals surface area contributed by atoms with Crippen molar-refractivity contribution in [2.75, 3.05) is 0 Å². The Labute approximate surface area is 644 Å². The fourth-order valence-corrected chi connectivity index (χ4v) is 15.7. The first-order valence-corrected chi connectivity index (χ1v) is 37.4. The molecule has 23 rings (SSSR count). The Hall–Kier alpha value is -13.8. The molecule has 0 aliphatic carbocycles. The highest BCUT2D eigenvalue weighted by Crippen LogP contribution is 2.45. The Kier molecular flexibility index (Phi) is 15.5. The van der Waals surface area contributed by atoms with Crippen molar-refractivity contribution < 1.29 is 35.8 Å². The van der Waals surface area contributed by atoms with Gasteiger partial charge in [0.1, 0.15) is 67.0 Å². The molecule has 0 spiro atoms. The highest BCUT2D eigenvalue weighted by molar-refractivity contribution is 6.62. The zero-order valence-electron chi connectivity index (χ0n) is 60.8. The van der Waals surface area contributed by atoms with Gasteiger partial charge in [-0.2, -0.15) is 9.97 Å². The van der Waals surface area contributed by atoms with Crippen molar-refractivity contribution in [3.05, 3.63) is 309 Å². The van der Waals surface area contributed by atoms with Gasteiger partial charge in [-0.3, -0.25) is 0 Å². The number of hydrogen-bond donors (Lipinski definition) is 0. The van der Waals surface area contributed by atoms with Crippen LogP contribution >= 0.6 is 11.6 Å². The van der Waals surface area contributed by atoms with Crippen molar-refractivity contribution in [2.45, 2.75) is 38.9 Å². The van der Waals surface area contributed by atoms with Crippen molar-refractivity contribution in [3.63, 3.8) is 0 Å². The fraction of sp³-hybridized carbons (Fsp3) is 0.0625. The summed E-state index contributed by atoms with van der Waals surface area (Å²) in [5, 5.41) is 13.0. The van der Waals surface area contributed by atoms with Gasteiger partial charge in [-0.1, -0.05) is 212 Å². The number of aromatic nitrogens is 6. The maximum absolute atomic E-state index is 6.57. The van der Waals surface area contributed by atoms with E-state index in [1.165, 1.54) is 0 Å². The Balaban J connectivity index is 0.000000113. The molecule has 16 heteroatoms.